The van der Waals surface area contributed by atoms with Crippen LogP contribution in [0.3, 0.4) is 0 Å². The molecule has 0 radical (unpaired) electrons. The van der Waals surface area contributed by atoms with Crippen molar-refractivity contribution in [2.75, 3.05) is 58.4 Å². The van der Waals surface area contributed by atoms with Crippen molar-refractivity contribution in [3.8, 4) is 11.5 Å². The molecule has 8 heteroatoms. The molecule has 0 spiro atoms. The van der Waals surface area contributed by atoms with Gasteiger partial charge < -0.3 is 14.4 Å². The summed E-state index contributed by atoms with van der Waals surface area (Å²) in [5, 5.41) is 0. The molecule has 0 unspecified atom stereocenters. The van der Waals surface area contributed by atoms with E-state index in [4.69, 9.17) is 9.47 Å². The van der Waals surface area contributed by atoms with Crippen molar-refractivity contribution in [3.63, 3.8) is 0 Å². The van der Waals surface area contributed by atoms with Crippen LogP contribution in [-0.4, -0.2) is 70.5 Å². The van der Waals surface area contributed by atoms with Crippen LogP contribution >= 0.6 is 0 Å². The van der Waals surface area contributed by atoms with E-state index in [9.17, 15) is 8.42 Å². The molecule has 2 heterocycles. The number of hydrogen-bond acceptors (Lipinski definition) is 5. The number of benzene rings is 1. The first-order valence-corrected chi connectivity index (χ1v) is 8.70. The molecule has 3 rings (SSSR count). The Labute approximate surface area is 131 Å². The highest BCUT2D eigenvalue weighted by Crippen LogP contribution is 2.34. The van der Waals surface area contributed by atoms with Crippen LogP contribution in [0.4, 0.5) is 5.69 Å². The summed E-state index contributed by atoms with van der Waals surface area (Å²) in [6.45, 7) is 3.42. The van der Waals surface area contributed by atoms with Crippen LogP contribution in [0.15, 0.2) is 18.2 Å². The molecule has 1 aromatic rings. The van der Waals surface area contributed by atoms with Crippen molar-refractivity contribution >= 4 is 15.9 Å². The van der Waals surface area contributed by atoms with E-state index >= 15 is 0 Å². The van der Waals surface area contributed by atoms with Gasteiger partial charge in [0.2, 0.25) is 0 Å². The first-order chi connectivity index (χ1) is 10.5. The van der Waals surface area contributed by atoms with Crippen LogP contribution in [0.1, 0.15) is 0 Å². The predicted molar refractivity (Wildman–Crippen MR) is 83.8 cm³/mol. The molecule has 0 amide bonds. The lowest BCUT2D eigenvalue weighted by molar-refractivity contribution is 0.171. The molecular formula is C14H21N3O4S. The average Bonchev–Trinajstić information content (AvgIpc) is 2.54. The second-order valence-corrected chi connectivity index (χ2v) is 7.65. The van der Waals surface area contributed by atoms with Gasteiger partial charge in [0.1, 0.15) is 13.2 Å². The van der Waals surface area contributed by atoms with Crippen molar-refractivity contribution in [1.82, 2.24) is 8.61 Å². The minimum Gasteiger partial charge on any atom is -0.486 e. The fourth-order valence-electron chi connectivity index (χ4n) is 2.64. The Kier molecular flexibility index (Phi) is 4.16. The summed E-state index contributed by atoms with van der Waals surface area (Å²) in [5.74, 6) is 1.52. The van der Waals surface area contributed by atoms with Gasteiger partial charge >= 0.3 is 0 Å². The van der Waals surface area contributed by atoms with Crippen molar-refractivity contribution < 1.29 is 17.9 Å². The number of ether oxygens (including phenoxy) is 2. The number of piperazine rings is 1. The fraction of sp³-hybridized carbons (Fsp3) is 0.571. The van der Waals surface area contributed by atoms with Crippen molar-refractivity contribution in [2.45, 2.75) is 0 Å². The maximum Gasteiger partial charge on any atom is 0.281 e. The minimum absolute atomic E-state index is 0.481. The summed E-state index contributed by atoms with van der Waals surface area (Å²) in [5.41, 5.74) is 1.03. The summed E-state index contributed by atoms with van der Waals surface area (Å²) in [6, 6.07) is 5.86. The number of rotatable bonds is 3. The number of hydrogen-bond donors (Lipinski definition) is 0. The van der Waals surface area contributed by atoms with Gasteiger partial charge in [-0.3, -0.25) is 0 Å². The fourth-order valence-corrected chi connectivity index (χ4v) is 3.72. The number of anilines is 1. The smallest absolute Gasteiger partial charge is 0.281 e. The van der Waals surface area contributed by atoms with E-state index in [0.29, 0.717) is 39.4 Å². The van der Waals surface area contributed by atoms with E-state index in [-0.39, 0.29) is 0 Å². The topological polar surface area (TPSA) is 62.3 Å². The lowest BCUT2D eigenvalue weighted by Gasteiger charge is -2.36. The molecular weight excluding hydrogens is 306 g/mol. The molecule has 7 nitrogen and oxygen atoms in total. The highest BCUT2D eigenvalue weighted by Gasteiger charge is 2.29. The number of nitrogens with zero attached hydrogens (tertiary/aromatic N) is 3. The van der Waals surface area contributed by atoms with Gasteiger partial charge in [-0.1, -0.05) is 0 Å². The second-order valence-electron chi connectivity index (χ2n) is 5.50. The molecule has 0 saturated carbocycles. The zero-order chi connectivity index (χ0) is 15.7. The SMILES string of the molecule is CN(C)S(=O)(=O)N1CCN(c2ccc3c(c2)OCCO3)CC1. The Balaban J connectivity index is 1.69. The van der Waals surface area contributed by atoms with Crippen molar-refractivity contribution in [2.24, 2.45) is 0 Å². The van der Waals surface area contributed by atoms with E-state index in [1.165, 1.54) is 8.61 Å². The van der Waals surface area contributed by atoms with Crippen LogP contribution in [-0.2, 0) is 10.2 Å². The third kappa shape index (κ3) is 2.86. The van der Waals surface area contributed by atoms with Gasteiger partial charge in [0.05, 0.1) is 0 Å². The molecule has 0 aliphatic carbocycles. The normalized spacial score (nSPS) is 19.5. The molecule has 122 valence electrons. The van der Waals surface area contributed by atoms with Gasteiger partial charge in [-0.05, 0) is 12.1 Å². The maximum atomic E-state index is 12.1. The molecule has 2 aliphatic heterocycles. The zero-order valence-electron chi connectivity index (χ0n) is 12.9. The zero-order valence-corrected chi connectivity index (χ0v) is 13.7. The minimum atomic E-state index is -3.32. The van der Waals surface area contributed by atoms with E-state index in [0.717, 1.165) is 17.2 Å². The molecule has 22 heavy (non-hydrogen) atoms. The summed E-state index contributed by atoms with van der Waals surface area (Å²) in [4.78, 5) is 2.17. The van der Waals surface area contributed by atoms with Crippen LogP contribution in [0.25, 0.3) is 0 Å². The summed E-state index contributed by atoms with van der Waals surface area (Å²) < 4.78 is 38.1. The van der Waals surface area contributed by atoms with E-state index in [1.807, 2.05) is 18.2 Å². The van der Waals surface area contributed by atoms with Gasteiger partial charge in [0.15, 0.2) is 11.5 Å². The second kappa shape index (κ2) is 5.94. The van der Waals surface area contributed by atoms with Gasteiger partial charge in [-0.2, -0.15) is 17.0 Å². The predicted octanol–water partition coefficient (Wildman–Crippen LogP) is 0.386. The number of fused-ring (bicyclic) bond motifs is 1. The Morgan fingerprint density at radius 1 is 1.00 bits per heavy atom. The summed E-state index contributed by atoms with van der Waals surface area (Å²) in [7, 11) is -0.208. The Hall–Kier alpha value is -1.51. The Morgan fingerprint density at radius 2 is 1.64 bits per heavy atom. The van der Waals surface area contributed by atoms with Crippen molar-refractivity contribution in [3.05, 3.63) is 18.2 Å². The lowest BCUT2D eigenvalue weighted by Crippen LogP contribution is -2.51. The first-order valence-electron chi connectivity index (χ1n) is 7.31. The standard InChI is InChI=1S/C14H21N3O4S/c1-15(2)22(18,19)17-7-5-16(6-8-17)12-3-4-13-14(11-12)21-10-9-20-13/h3-4,11H,5-10H2,1-2H3. The van der Waals surface area contributed by atoms with Crippen molar-refractivity contribution in [1.29, 1.82) is 0 Å². The van der Waals surface area contributed by atoms with Gasteiger partial charge in [-0.15, -0.1) is 0 Å². The monoisotopic (exact) mass is 327 g/mol. The third-order valence-corrected chi connectivity index (χ3v) is 5.86. The van der Waals surface area contributed by atoms with Crippen LogP contribution in [0.5, 0.6) is 11.5 Å². The van der Waals surface area contributed by atoms with Crippen LogP contribution in [0, 0.1) is 0 Å². The molecule has 1 saturated heterocycles. The van der Waals surface area contributed by atoms with Crippen LogP contribution < -0.4 is 14.4 Å². The Bertz CT molecular complexity index is 639. The Morgan fingerprint density at radius 3 is 2.27 bits per heavy atom. The van der Waals surface area contributed by atoms with E-state index < -0.39 is 10.2 Å². The maximum absolute atomic E-state index is 12.1. The quantitative estimate of drug-likeness (QED) is 0.803. The molecule has 0 aromatic heterocycles. The van der Waals surface area contributed by atoms with Gasteiger partial charge in [0, 0.05) is 52.0 Å². The average molecular weight is 327 g/mol. The largest absolute Gasteiger partial charge is 0.486 e. The highest BCUT2D eigenvalue weighted by atomic mass is 32.2. The molecule has 0 atom stereocenters. The molecule has 1 fully saturated rings. The molecule has 0 N–H and O–H groups in total. The summed E-state index contributed by atoms with van der Waals surface area (Å²) >= 11 is 0. The third-order valence-electron chi connectivity index (χ3n) is 3.92. The highest BCUT2D eigenvalue weighted by molar-refractivity contribution is 7.86. The van der Waals surface area contributed by atoms with Gasteiger partial charge in [0.25, 0.3) is 10.2 Å². The van der Waals surface area contributed by atoms with Crippen LogP contribution in [0.2, 0.25) is 0 Å². The summed E-state index contributed by atoms with van der Waals surface area (Å²) in [6.07, 6.45) is 0. The molecule has 0 bridgehead atoms. The first kappa shape index (κ1) is 15.4. The van der Waals surface area contributed by atoms with E-state index in [2.05, 4.69) is 4.90 Å². The van der Waals surface area contributed by atoms with Gasteiger partial charge in [-0.25, -0.2) is 0 Å². The van der Waals surface area contributed by atoms with E-state index in [1.54, 1.807) is 14.1 Å². The molecule has 2 aliphatic rings. The molecule has 1 aromatic carbocycles. The lowest BCUT2D eigenvalue weighted by atomic mass is 10.2.